The van der Waals surface area contributed by atoms with Gasteiger partial charge in [0.1, 0.15) is 5.75 Å². The van der Waals surface area contributed by atoms with E-state index in [0.29, 0.717) is 6.07 Å². The van der Waals surface area contributed by atoms with Gasteiger partial charge in [-0.1, -0.05) is 0 Å². The molecule has 0 aliphatic carbocycles. The minimum absolute atomic E-state index is 0.169. The number of halogens is 6. The van der Waals surface area contributed by atoms with Crippen LogP contribution in [-0.2, 0) is 12.4 Å². The van der Waals surface area contributed by atoms with E-state index in [1.54, 1.807) is 0 Å². The molecule has 0 aliphatic rings. The van der Waals surface area contributed by atoms with Gasteiger partial charge in [-0.3, -0.25) is 0 Å². The van der Waals surface area contributed by atoms with Gasteiger partial charge >= 0.3 is 12.4 Å². The molecule has 0 radical (unpaired) electrons. The summed E-state index contributed by atoms with van der Waals surface area (Å²) in [7, 11) is 0. The lowest BCUT2D eigenvalue weighted by Crippen LogP contribution is -2.16. The van der Waals surface area contributed by atoms with Crippen molar-refractivity contribution >= 4 is 0 Å². The van der Waals surface area contributed by atoms with E-state index < -0.39 is 29.2 Å². The third-order valence-electron chi connectivity index (χ3n) is 2.23. The zero-order valence-electron chi connectivity index (χ0n) is 9.42. The SMILES string of the molecule is FC(F)(F)c1ccc(Oc2cocn2)cc1C(F)(F)F. The number of hydrogen-bond donors (Lipinski definition) is 0. The van der Waals surface area contributed by atoms with E-state index in [9.17, 15) is 26.3 Å². The number of rotatable bonds is 2. The maximum Gasteiger partial charge on any atom is 0.417 e. The molecule has 108 valence electrons. The Labute approximate surface area is 107 Å². The molecule has 0 atom stereocenters. The van der Waals surface area contributed by atoms with Crippen molar-refractivity contribution in [3.63, 3.8) is 0 Å². The summed E-state index contributed by atoms with van der Waals surface area (Å²) in [4.78, 5) is 3.48. The summed E-state index contributed by atoms with van der Waals surface area (Å²) < 4.78 is 84.9. The maximum absolute atomic E-state index is 12.6. The van der Waals surface area contributed by atoms with Crippen molar-refractivity contribution in [2.24, 2.45) is 0 Å². The maximum atomic E-state index is 12.6. The van der Waals surface area contributed by atoms with Crippen LogP contribution < -0.4 is 4.74 Å². The zero-order valence-corrected chi connectivity index (χ0v) is 9.42. The second kappa shape index (κ2) is 4.73. The van der Waals surface area contributed by atoms with Gasteiger partial charge < -0.3 is 9.15 Å². The molecule has 2 aromatic rings. The molecule has 0 fully saturated rings. The number of ether oxygens (including phenoxy) is 1. The minimum atomic E-state index is -5.16. The predicted octanol–water partition coefficient (Wildman–Crippen LogP) is 4.50. The normalized spacial score (nSPS) is 12.5. The second-order valence-electron chi connectivity index (χ2n) is 3.63. The number of hydrogen-bond acceptors (Lipinski definition) is 3. The first-order chi connectivity index (χ1) is 9.18. The monoisotopic (exact) mass is 297 g/mol. The Hall–Kier alpha value is -2.19. The van der Waals surface area contributed by atoms with Crippen LogP contribution in [0.2, 0.25) is 0 Å². The van der Waals surface area contributed by atoms with Gasteiger partial charge in [0.05, 0.1) is 11.1 Å². The van der Waals surface area contributed by atoms with E-state index in [0.717, 1.165) is 18.7 Å². The van der Waals surface area contributed by atoms with Gasteiger partial charge in [0.25, 0.3) is 5.88 Å². The van der Waals surface area contributed by atoms with Crippen molar-refractivity contribution in [3.05, 3.63) is 42.0 Å². The molecule has 0 unspecified atom stereocenters. The summed E-state index contributed by atoms with van der Waals surface area (Å²) in [5.74, 6) is -0.600. The van der Waals surface area contributed by atoms with E-state index in [1.807, 2.05) is 0 Å². The molecule has 1 heterocycles. The Balaban J connectivity index is 2.44. The summed E-state index contributed by atoms with van der Waals surface area (Å²) in [6.45, 7) is 0. The van der Waals surface area contributed by atoms with Crippen molar-refractivity contribution < 1.29 is 35.5 Å². The number of oxazole rings is 1. The van der Waals surface area contributed by atoms with Crippen LogP contribution in [0.15, 0.2) is 35.3 Å². The summed E-state index contributed by atoms with van der Waals surface area (Å²) in [6.07, 6.45) is -8.32. The van der Waals surface area contributed by atoms with Gasteiger partial charge in [-0.15, -0.1) is 0 Å². The molecule has 20 heavy (non-hydrogen) atoms. The van der Waals surface area contributed by atoms with E-state index in [-0.39, 0.29) is 11.9 Å². The summed E-state index contributed by atoms with van der Waals surface area (Å²) in [6, 6.07) is 1.34. The van der Waals surface area contributed by atoms with Gasteiger partial charge in [-0.25, -0.2) is 0 Å². The standard InChI is InChI=1S/C11H5F6NO2/c12-10(13,14)7-2-1-6(3-8(7)11(15,16)17)20-9-4-19-5-18-9/h1-5H. The van der Waals surface area contributed by atoms with E-state index in [2.05, 4.69) is 9.40 Å². The first-order valence-corrected chi connectivity index (χ1v) is 5.02. The van der Waals surface area contributed by atoms with Crippen LogP contribution in [0.3, 0.4) is 0 Å². The van der Waals surface area contributed by atoms with Crippen LogP contribution in [0.1, 0.15) is 11.1 Å². The highest BCUT2D eigenvalue weighted by Crippen LogP contribution is 2.42. The number of nitrogens with zero attached hydrogens (tertiary/aromatic N) is 1. The number of alkyl halides is 6. The van der Waals surface area contributed by atoms with Crippen LogP contribution >= 0.6 is 0 Å². The van der Waals surface area contributed by atoms with E-state index in [4.69, 9.17) is 4.74 Å². The molecule has 0 saturated carbocycles. The average Bonchev–Trinajstić information content (AvgIpc) is 2.79. The number of benzene rings is 1. The Morgan fingerprint density at radius 3 is 2.10 bits per heavy atom. The van der Waals surface area contributed by atoms with Gasteiger partial charge in [0, 0.05) is 0 Å². The van der Waals surface area contributed by atoms with Crippen LogP contribution in [0, 0.1) is 0 Å². The van der Waals surface area contributed by atoms with E-state index >= 15 is 0 Å². The predicted molar refractivity (Wildman–Crippen MR) is 53.0 cm³/mol. The largest absolute Gasteiger partial charge is 0.448 e. The third-order valence-corrected chi connectivity index (χ3v) is 2.23. The fourth-order valence-electron chi connectivity index (χ4n) is 1.44. The van der Waals surface area contributed by atoms with Gasteiger partial charge in [0.2, 0.25) is 0 Å². The van der Waals surface area contributed by atoms with Crippen molar-refractivity contribution in [1.82, 2.24) is 4.98 Å². The highest BCUT2D eigenvalue weighted by atomic mass is 19.4. The summed E-state index contributed by atoms with van der Waals surface area (Å²) in [5.41, 5.74) is -3.61. The lowest BCUT2D eigenvalue weighted by atomic mass is 10.1. The average molecular weight is 297 g/mol. The molecular weight excluding hydrogens is 292 g/mol. The molecule has 1 aromatic heterocycles. The lowest BCUT2D eigenvalue weighted by Gasteiger charge is -2.16. The van der Waals surface area contributed by atoms with Crippen molar-refractivity contribution in [3.8, 4) is 11.6 Å². The van der Waals surface area contributed by atoms with Crippen molar-refractivity contribution in [2.75, 3.05) is 0 Å². The molecule has 2 rings (SSSR count). The highest BCUT2D eigenvalue weighted by molar-refractivity contribution is 5.40. The molecule has 0 bridgehead atoms. The molecule has 0 amide bonds. The highest BCUT2D eigenvalue weighted by Gasteiger charge is 2.43. The van der Waals surface area contributed by atoms with Crippen molar-refractivity contribution in [1.29, 1.82) is 0 Å². The van der Waals surface area contributed by atoms with E-state index in [1.165, 1.54) is 0 Å². The summed E-state index contributed by atoms with van der Waals surface area (Å²) in [5, 5.41) is 0. The van der Waals surface area contributed by atoms with Gasteiger partial charge in [-0.05, 0) is 18.2 Å². The fourth-order valence-corrected chi connectivity index (χ4v) is 1.44. The van der Waals surface area contributed by atoms with Gasteiger partial charge in [0.15, 0.2) is 12.7 Å². The minimum Gasteiger partial charge on any atom is -0.448 e. The second-order valence-corrected chi connectivity index (χ2v) is 3.63. The zero-order chi connectivity index (χ0) is 15.0. The Morgan fingerprint density at radius 2 is 1.60 bits per heavy atom. The molecule has 0 saturated heterocycles. The first kappa shape index (κ1) is 14.2. The molecular formula is C11H5F6NO2. The fraction of sp³-hybridized carbons (Fsp3) is 0.182. The Kier molecular flexibility index (Phi) is 3.36. The van der Waals surface area contributed by atoms with Gasteiger partial charge in [-0.2, -0.15) is 31.3 Å². The summed E-state index contributed by atoms with van der Waals surface area (Å²) >= 11 is 0. The molecule has 0 N–H and O–H groups in total. The quantitative estimate of drug-likeness (QED) is 0.765. The first-order valence-electron chi connectivity index (χ1n) is 5.02. The Bertz CT molecular complexity index is 588. The topological polar surface area (TPSA) is 35.3 Å². The molecule has 3 nitrogen and oxygen atoms in total. The molecule has 9 heteroatoms. The lowest BCUT2D eigenvalue weighted by molar-refractivity contribution is -0.162. The van der Waals surface area contributed by atoms with Crippen LogP contribution in [-0.4, -0.2) is 4.98 Å². The molecule has 0 aliphatic heterocycles. The molecule has 1 aromatic carbocycles. The van der Waals surface area contributed by atoms with Crippen LogP contribution in [0.4, 0.5) is 26.3 Å². The molecule has 0 spiro atoms. The van der Waals surface area contributed by atoms with Crippen molar-refractivity contribution in [2.45, 2.75) is 12.4 Å². The van der Waals surface area contributed by atoms with Crippen LogP contribution in [0.25, 0.3) is 0 Å². The Morgan fingerprint density at radius 1 is 0.950 bits per heavy atom. The smallest absolute Gasteiger partial charge is 0.417 e. The number of aromatic nitrogens is 1. The third kappa shape index (κ3) is 3.03. The van der Waals surface area contributed by atoms with Crippen LogP contribution in [0.5, 0.6) is 11.6 Å².